The third-order valence-corrected chi connectivity index (χ3v) is 3.94. The SMILES string of the molecule is C[C@@H]1CCCN1CCc1c[nH]c2ncc(F)cc12. The van der Waals surface area contributed by atoms with Crippen LogP contribution in [0.2, 0.25) is 0 Å². The summed E-state index contributed by atoms with van der Waals surface area (Å²) in [7, 11) is 0. The van der Waals surface area contributed by atoms with Gasteiger partial charge in [0.15, 0.2) is 0 Å². The first-order valence-electron chi connectivity index (χ1n) is 6.59. The van der Waals surface area contributed by atoms with Crippen molar-refractivity contribution in [2.75, 3.05) is 13.1 Å². The summed E-state index contributed by atoms with van der Waals surface area (Å²) < 4.78 is 13.2. The maximum absolute atomic E-state index is 13.2. The number of likely N-dealkylation sites (tertiary alicyclic amines) is 1. The van der Waals surface area contributed by atoms with Crippen LogP contribution in [0.5, 0.6) is 0 Å². The fraction of sp³-hybridized carbons (Fsp3) is 0.500. The number of pyridine rings is 1. The van der Waals surface area contributed by atoms with Crippen LogP contribution in [0.1, 0.15) is 25.3 Å². The fourth-order valence-corrected chi connectivity index (χ4v) is 2.83. The molecule has 1 fully saturated rings. The van der Waals surface area contributed by atoms with E-state index in [-0.39, 0.29) is 5.82 Å². The summed E-state index contributed by atoms with van der Waals surface area (Å²) >= 11 is 0. The van der Waals surface area contributed by atoms with Crippen LogP contribution in [0.3, 0.4) is 0 Å². The Balaban J connectivity index is 1.76. The largest absolute Gasteiger partial charge is 0.346 e. The lowest BCUT2D eigenvalue weighted by Crippen LogP contribution is -2.28. The molecule has 2 aromatic heterocycles. The number of H-pyrrole nitrogens is 1. The molecule has 3 nitrogen and oxygen atoms in total. The Kier molecular flexibility index (Phi) is 3.04. The first-order chi connectivity index (χ1) is 8.74. The Morgan fingerprint density at radius 2 is 2.44 bits per heavy atom. The van der Waals surface area contributed by atoms with Crippen LogP contribution < -0.4 is 0 Å². The van der Waals surface area contributed by atoms with Crippen molar-refractivity contribution in [2.45, 2.75) is 32.2 Å². The number of hydrogen-bond acceptors (Lipinski definition) is 2. The number of fused-ring (bicyclic) bond motifs is 1. The smallest absolute Gasteiger partial charge is 0.142 e. The molecule has 0 saturated carbocycles. The Morgan fingerprint density at radius 1 is 1.56 bits per heavy atom. The van der Waals surface area contributed by atoms with Crippen molar-refractivity contribution >= 4 is 11.0 Å². The van der Waals surface area contributed by atoms with E-state index in [0.717, 1.165) is 29.6 Å². The number of hydrogen-bond donors (Lipinski definition) is 1. The fourth-order valence-electron chi connectivity index (χ4n) is 2.83. The van der Waals surface area contributed by atoms with Crippen molar-refractivity contribution in [1.29, 1.82) is 0 Å². The second-order valence-electron chi connectivity index (χ2n) is 5.14. The van der Waals surface area contributed by atoms with Crippen molar-refractivity contribution < 1.29 is 4.39 Å². The van der Waals surface area contributed by atoms with Crippen LogP contribution in [-0.2, 0) is 6.42 Å². The van der Waals surface area contributed by atoms with Crippen molar-refractivity contribution in [1.82, 2.24) is 14.9 Å². The zero-order chi connectivity index (χ0) is 12.5. The van der Waals surface area contributed by atoms with Gasteiger partial charge >= 0.3 is 0 Å². The van der Waals surface area contributed by atoms with Crippen LogP contribution in [0.15, 0.2) is 18.5 Å². The molecule has 1 aliphatic heterocycles. The summed E-state index contributed by atoms with van der Waals surface area (Å²) in [5.74, 6) is -0.266. The zero-order valence-electron chi connectivity index (χ0n) is 10.6. The third-order valence-electron chi connectivity index (χ3n) is 3.94. The zero-order valence-corrected chi connectivity index (χ0v) is 10.6. The summed E-state index contributed by atoms with van der Waals surface area (Å²) in [5, 5.41) is 0.918. The van der Waals surface area contributed by atoms with E-state index in [1.807, 2.05) is 6.20 Å². The Morgan fingerprint density at radius 3 is 3.22 bits per heavy atom. The Hall–Kier alpha value is -1.42. The molecule has 1 N–H and O–H groups in total. The molecule has 0 radical (unpaired) electrons. The lowest BCUT2D eigenvalue weighted by Gasteiger charge is -2.20. The molecule has 0 spiro atoms. The molecule has 2 aromatic rings. The van der Waals surface area contributed by atoms with Gasteiger partial charge in [-0.3, -0.25) is 0 Å². The third kappa shape index (κ3) is 2.12. The molecule has 18 heavy (non-hydrogen) atoms. The molecule has 3 rings (SSSR count). The van der Waals surface area contributed by atoms with Crippen LogP contribution in [0.25, 0.3) is 11.0 Å². The lowest BCUT2D eigenvalue weighted by molar-refractivity contribution is 0.272. The summed E-state index contributed by atoms with van der Waals surface area (Å²) in [6.07, 6.45) is 6.76. The number of aromatic amines is 1. The van der Waals surface area contributed by atoms with Gasteiger partial charge in [-0.2, -0.15) is 0 Å². The lowest BCUT2D eigenvalue weighted by atomic mass is 10.1. The molecular formula is C14H18FN3. The van der Waals surface area contributed by atoms with E-state index in [1.165, 1.54) is 25.6 Å². The molecule has 0 unspecified atom stereocenters. The number of aromatic nitrogens is 2. The highest BCUT2D eigenvalue weighted by atomic mass is 19.1. The van der Waals surface area contributed by atoms with E-state index in [0.29, 0.717) is 6.04 Å². The first-order valence-corrected chi connectivity index (χ1v) is 6.59. The average molecular weight is 247 g/mol. The second-order valence-corrected chi connectivity index (χ2v) is 5.14. The highest BCUT2D eigenvalue weighted by molar-refractivity contribution is 5.79. The van der Waals surface area contributed by atoms with Gasteiger partial charge in [-0.15, -0.1) is 0 Å². The van der Waals surface area contributed by atoms with E-state index < -0.39 is 0 Å². The predicted octanol–water partition coefficient (Wildman–Crippen LogP) is 2.73. The molecule has 1 atom stereocenters. The highest BCUT2D eigenvalue weighted by Crippen LogP contribution is 2.20. The van der Waals surface area contributed by atoms with Gasteiger partial charge < -0.3 is 9.88 Å². The molecule has 0 aromatic carbocycles. The minimum atomic E-state index is -0.266. The highest BCUT2D eigenvalue weighted by Gasteiger charge is 2.19. The second kappa shape index (κ2) is 4.69. The monoisotopic (exact) mass is 247 g/mol. The molecule has 0 aliphatic carbocycles. The van der Waals surface area contributed by atoms with Crippen LogP contribution >= 0.6 is 0 Å². The molecular weight excluding hydrogens is 229 g/mol. The van der Waals surface area contributed by atoms with Crippen molar-refractivity contribution in [3.05, 3.63) is 29.8 Å². The number of nitrogens with one attached hydrogen (secondary N) is 1. The number of rotatable bonds is 3. The molecule has 1 aliphatic rings. The van der Waals surface area contributed by atoms with Gasteiger partial charge in [0.1, 0.15) is 11.5 Å². The van der Waals surface area contributed by atoms with E-state index in [2.05, 4.69) is 21.8 Å². The summed E-state index contributed by atoms with van der Waals surface area (Å²) in [4.78, 5) is 9.66. The van der Waals surface area contributed by atoms with Crippen molar-refractivity contribution in [3.8, 4) is 0 Å². The standard InChI is InChI=1S/C14H18FN3/c1-10-3-2-5-18(10)6-4-11-8-16-14-13(11)7-12(15)9-17-14/h7-10H,2-6H2,1H3,(H,16,17)/t10-/m1/s1. The Bertz CT molecular complexity index is 549. The summed E-state index contributed by atoms with van der Waals surface area (Å²) in [6.45, 7) is 4.52. The van der Waals surface area contributed by atoms with Crippen LogP contribution in [0.4, 0.5) is 4.39 Å². The predicted molar refractivity (Wildman–Crippen MR) is 70.0 cm³/mol. The van der Waals surface area contributed by atoms with Gasteiger partial charge in [-0.25, -0.2) is 9.37 Å². The van der Waals surface area contributed by atoms with E-state index in [9.17, 15) is 4.39 Å². The normalized spacial score (nSPS) is 20.9. The average Bonchev–Trinajstić information content (AvgIpc) is 2.93. The topological polar surface area (TPSA) is 31.9 Å². The maximum Gasteiger partial charge on any atom is 0.142 e. The number of halogens is 1. The van der Waals surface area contributed by atoms with Gasteiger partial charge in [0.2, 0.25) is 0 Å². The van der Waals surface area contributed by atoms with Crippen LogP contribution in [-0.4, -0.2) is 34.0 Å². The molecule has 0 amide bonds. The van der Waals surface area contributed by atoms with Gasteiger partial charge in [0.05, 0.1) is 6.20 Å². The first kappa shape index (κ1) is 11.7. The van der Waals surface area contributed by atoms with Crippen LogP contribution in [0, 0.1) is 5.82 Å². The summed E-state index contributed by atoms with van der Waals surface area (Å²) in [6, 6.07) is 2.26. The number of nitrogens with zero attached hydrogens (tertiary/aromatic N) is 2. The van der Waals surface area contributed by atoms with Gasteiger partial charge in [-0.1, -0.05) is 0 Å². The van der Waals surface area contributed by atoms with Crippen molar-refractivity contribution in [2.24, 2.45) is 0 Å². The minimum Gasteiger partial charge on any atom is -0.346 e. The van der Waals surface area contributed by atoms with E-state index in [1.54, 1.807) is 6.07 Å². The van der Waals surface area contributed by atoms with E-state index in [4.69, 9.17) is 0 Å². The van der Waals surface area contributed by atoms with E-state index >= 15 is 0 Å². The molecule has 4 heteroatoms. The van der Waals surface area contributed by atoms with Gasteiger partial charge in [0, 0.05) is 24.2 Å². The molecule has 1 saturated heterocycles. The Labute approximate surface area is 106 Å². The van der Waals surface area contributed by atoms with Gasteiger partial charge in [0.25, 0.3) is 0 Å². The maximum atomic E-state index is 13.2. The summed E-state index contributed by atoms with van der Waals surface area (Å²) in [5.41, 5.74) is 1.94. The molecule has 3 heterocycles. The quantitative estimate of drug-likeness (QED) is 0.904. The molecule has 0 bridgehead atoms. The molecule has 96 valence electrons. The minimum absolute atomic E-state index is 0.266. The van der Waals surface area contributed by atoms with Gasteiger partial charge in [-0.05, 0) is 44.4 Å². The van der Waals surface area contributed by atoms with Crippen molar-refractivity contribution in [3.63, 3.8) is 0 Å².